The molecule has 3 rings (SSSR count). The van der Waals surface area contributed by atoms with Gasteiger partial charge in [0, 0.05) is 42.1 Å². The molecule has 24 nitrogen and oxygen atoms in total. The molecule has 0 saturated heterocycles. The van der Waals surface area contributed by atoms with Crippen molar-refractivity contribution in [1.29, 1.82) is 0 Å². The number of carboxylic acids is 2. The van der Waals surface area contributed by atoms with Crippen LogP contribution in [-0.4, -0.2) is 152 Å². The molecule has 0 aliphatic heterocycles. The first kappa shape index (κ1) is 68.2. The van der Waals surface area contributed by atoms with Gasteiger partial charge in [-0.05, 0) is 86.9 Å². The summed E-state index contributed by atoms with van der Waals surface area (Å²) in [6, 6.07) is 3.50. The SMILES string of the molecule is CC[C@H](C)[C@H](NC(=O)[C@H](CCCCN)NC(=O)[C@H](CC(C)C)NC(=O)[C@H](Cc1ccccc1)NC(=O)[C@H](CCC(=O)O)NC(=O)[C@H](CC(C)C)NC(=O)[C@@H](NC(=O)[C@@H](N)CS)[C@@H](C)O)C(=O)N[C@@H](Cc1c[nH]c2ccccc12)C(=O)O. The molecule has 0 spiro atoms. The Balaban J connectivity index is 1.93. The maximum atomic E-state index is 14.6. The smallest absolute Gasteiger partial charge is 0.326 e. The first-order chi connectivity index (χ1) is 38.3. The van der Waals surface area contributed by atoms with Crippen molar-refractivity contribution in [3.8, 4) is 0 Å². The van der Waals surface area contributed by atoms with E-state index in [4.69, 9.17) is 11.5 Å². The van der Waals surface area contributed by atoms with Gasteiger partial charge in [-0.3, -0.25) is 43.2 Å². The van der Waals surface area contributed by atoms with Crippen molar-refractivity contribution in [3.63, 3.8) is 0 Å². The number of thiol groups is 1. The summed E-state index contributed by atoms with van der Waals surface area (Å²) in [6.45, 7) is 12.1. The van der Waals surface area contributed by atoms with Crippen LogP contribution in [0.3, 0.4) is 0 Å². The number of carbonyl (C=O) groups excluding carboxylic acids is 8. The molecule has 0 unspecified atom stereocenters. The van der Waals surface area contributed by atoms with Crippen LogP contribution in [0.2, 0.25) is 0 Å². The number of H-pyrrole nitrogens is 1. The van der Waals surface area contributed by atoms with Gasteiger partial charge in [0.2, 0.25) is 47.3 Å². The lowest BCUT2D eigenvalue weighted by Gasteiger charge is -2.30. The summed E-state index contributed by atoms with van der Waals surface area (Å²) >= 11 is 4.00. The molecule has 0 aliphatic rings. The number of carboxylic acid groups (broad SMARTS) is 2. The number of aromatic nitrogens is 1. The Morgan fingerprint density at radius 3 is 1.59 bits per heavy atom. The highest BCUT2D eigenvalue weighted by Gasteiger charge is 2.37. The number of nitrogens with one attached hydrogen (secondary N) is 9. The van der Waals surface area contributed by atoms with Crippen LogP contribution in [0.5, 0.6) is 0 Å². The molecule has 81 heavy (non-hydrogen) atoms. The molecule has 0 radical (unpaired) electrons. The van der Waals surface area contributed by atoms with Crippen molar-refractivity contribution in [2.45, 2.75) is 173 Å². The topological polar surface area (TPSA) is 395 Å². The highest BCUT2D eigenvalue weighted by atomic mass is 32.1. The van der Waals surface area contributed by atoms with E-state index < -0.39 is 138 Å². The Morgan fingerprint density at radius 1 is 0.568 bits per heavy atom. The van der Waals surface area contributed by atoms with Crippen LogP contribution in [0, 0.1) is 17.8 Å². The quantitative estimate of drug-likeness (QED) is 0.0281. The Morgan fingerprint density at radius 2 is 1.05 bits per heavy atom. The number of aliphatic hydroxyl groups is 1. The third-order valence-electron chi connectivity index (χ3n) is 13.6. The van der Waals surface area contributed by atoms with Crippen LogP contribution in [-0.2, 0) is 60.8 Å². The van der Waals surface area contributed by atoms with Gasteiger partial charge in [0.15, 0.2) is 0 Å². The summed E-state index contributed by atoms with van der Waals surface area (Å²) < 4.78 is 0. The second kappa shape index (κ2) is 34.3. The first-order valence-corrected chi connectivity index (χ1v) is 28.1. The predicted octanol–water partition coefficient (Wildman–Crippen LogP) is 0.686. The van der Waals surface area contributed by atoms with Gasteiger partial charge in [-0.25, -0.2) is 4.79 Å². The number of hydrogen-bond donors (Lipinski definition) is 15. The van der Waals surface area contributed by atoms with E-state index in [-0.39, 0.29) is 56.2 Å². The van der Waals surface area contributed by atoms with Crippen molar-refractivity contribution in [2.24, 2.45) is 29.2 Å². The third-order valence-corrected chi connectivity index (χ3v) is 14.0. The van der Waals surface area contributed by atoms with Gasteiger partial charge in [0.1, 0.15) is 48.3 Å². The molecule has 0 bridgehead atoms. The Kier molecular flexibility index (Phi) is 28.8. The Bertz CT molecular complexity index is 2580. The van der Waals surface area contributed by atoms with E-state index in [9.17, 15) is 63.3 Å². The molecule has 8 amide bonds. The van der Waals surface area contributed by atoms with Gasteiger partial charge in [-0.1, -0.05) is 96.5 Å². The molecule has 3 aromatic rings. The van der Waals surface area contributed by atoms with Crippen molar-refractivity contribution >= 4 is 82.7 Å². The van der Waals surface area contributed by atoms with E-state index in [0.717, 1.165) is 10.9 Å². The lowest BCUT2D eigenvalue weighted by molar-refractivity contribution is -0.142. The monoisotopic (exact) mass is 1150 g/mol. The molecule has 11 atom stereocenters. The zero-order chi connectivity index (χ0) is 60.5. The lowest BCUT2D eigenvalue weighted by atomic mass is 9.96. The molecule has 2 aromatic carbocycles. The van der Waals surface area contributed by atoms with Gasteiger partial charge in [0.05, 0.1) is 12.1 Å². The summed E-state index contributed by atoms with van der Waals surface area (Å²) in [5.41, 5.74) is 13.6. The van der Waals surface area contributed by atoms with Gasteiger partial charge in [-0.15, -0.1) is 0 Å². The van der Waals surface area contributed by atoms with E-state index >= 15 is 0 Å². The number of aliphatic carboxylic acids is 2. The predicted molar refractivity (Wildman–Crippen MR) is 307 cm³/mol. The molecule has 16 N–H and O–H groups in total. The zero-order valence-electron chi connectivity index (χ0n) is 47.3. The first-order valence-electron chi connectivity index (χ1n) is 27.5. The summed E-state index contributed by atoms with van der Waals surface area (Å²) in [7, 11) is 0. The maximum absolute atomic E-state index is 14.6. The number of fused-ring (bicyclic) bond motifs is 1. The van der Waals surface area contributed by atoms with Crippen molar-refractivity contribution in [2.75, 3.05) is 12.3 Å². The molecule has 25 heteroatoms. The van der Waals surface area contributed by atoms with E-state index in [2.05, 4.69) is 60.1 Å². The zero-order valence-corrected chi connectivity index (χ0v) is 48.2. The van der Waals surface area contributed by atoms with Gasteiger partial charge >= 0.3 is 11.9 Å². The number of hydrogen-bond acceptors (Lipinski definition) is 14. The molecule has 0 aliphatic carbocycles. The maximum Gasteiger partial charge on any atom is 0.326 e. The number of nitrogens with two attached hydrogens (primary N) is 2. The van der Waals surface area contributed by atoms with Crippen LogP contribution in [0.4, 0.5) is 0 Å². The second-order valence-corrected chi connectivity index (χ2v) is 21.7. The van der Waals surface area contributed by atoms with Crippen LogP contribution in [0.15, 0.2) is 60.8 Å². The number of amides is 8. The summed E-state index contributed by atoms with van der Waals surface area (Å²) in [5, 5.41) is 52.0. The van der Waals surface area contributed by atoms with E-state index in [0.29, 0.717) is 30.4 Å². The molecule has 448 valence electrons. The van der Waals surface area contributed by atoms with Crippen molar-refractivity contribution < 1.29 is 63.3 Å². The minimum atomic E-state index is -1.61. The number of para-hydroxylation sites is 1. The number of rotatable bonds is 36. The average molecular weight is 1150 g/mol. The van der Waals surface area contributed by atoms with E-state index in [1.54, 1.807) is 78.1 Å². The van der Waals surface area contributed by atoms with Crippen LogP contribution < -0.4 is 54.0 Å². The highest BCUT2D eigenvalue weighted by molar-refractivity contribution is 7.80. The van der Waals surface area contributed by atoms with Crippen molar-refractivity contribution in [3.05, 3.63) is 71.9 Å². The molecule has 0 fully saturated rings. The number of aromatic amines is 1. The van der Waals surface area contributed by atoms with Crippen LogP contribution >= 0.6 is 12.6 Å². The number of unbranched alkanes of at least 4 members (excludes halogenated alkanes) is 1. The molecule has 1 heterocycles. The fraction of sp³-hybridized carbons (Fsp3) is 0.571. The summed E-state index contributed by atoms with van der Waals surface area (Å²) in [6.07, 6.45) is 0.233. The Hall–Kier alpha value is -7.09. The van der Waals surface area contributed by atoms with Gasteiger partial charge in [-0.2, -0.15) is 12.6 Å². The lowest BCUT2D eigenvalue weighted by Crippen LogP contribution is -2.61. The minimum absolute atomic E-state index is 0.0105. The summed E-state index contributed by atoms with van der Waals surface area (Å²) in [4.78, 5) is 139. The summed E-state index contributed by atoms with van der Waals surface area (Å²) in [5.74, 6) is -10.5. The van der Waals surface area contributed by atoms with Gasteiger partial charge in [0.25, 0.3) is 0 Å². The third kappa shape index (κ3) is 22.8. The number of benzene rings is 2. The molecule has 1 aromatic heterocycles. The fourth-order valence-electron chi connectivity index (χ4n) is 8.80. The van der Waals surface area contributed by atoms with Gasteiger partial charge < -0.3 is 74.3 Å². The van der Waals surface area contributed by atoms with Crippen LogP contribution in [0.1, 0.15) is 111 Å². The largest absolute Gasteiger partial charge is 0.481 e. The van der Waals surface area contributed by atoms with Crippen molar-refractivity contribution in [1.82, 2.24) is 47.5 Å². The standard InChI is InChI=1S/C56H85N11O13S/c1-8-32(6)46(54(77)65-44(56(79)80)27-35-28-59-38-19-13-12-18-36(35)38)66-50(73)39(20-14-15-23-57)60-51(74)41(24-30(2)3)62-53(76)43(26-34-16-10-9-11-17-34)63-49(72)40(21-22-45(69)70)61-52(75)42(25-31(4)5)64-55(78)47(33(7)68)67-48(71)37(58)29-81/h9-13,16-19,28,30-33,37,39-44,46-47,59,68,81H,8,14-15,20-27,29,57-58H2,1-7H3,(H,60,74)(H,61,75)(H,62,76)(H,63,72)(H,64,78)(H,65,77)(H,66,73)(H,67,71)(H,69,70)(H,79,80)/t32-,33+,37-,39-,40-,41-,42-,43-,44-,46-,47-/m0/s1. The van der Waals surface area contributed by atoms with E-state index in [1.165, 1.54) is 6.92 Å². The van der Waals surface area contributed by atoms with Crippen LogP contribution in [0.25, 0.3) is 10.9 Å². The molecular formula is C56H85N11O13S. The average Bonchev–Trinajstić information content (AvgIpc) is 3.89. The minimum Gasteiger partial charge on any atom is -0.481 e. The number of aliphatic hydroxyl groups excluding tert-OH is 1. The fourth-order valence-corrected chi connectivity index (χ4v) is 8.97. The molecular weight excluding hydrogens is 1070 g/mol. The Labute approximate surface area is 478 Å². The normalized spacial score (nSPS) is 15.5. The molecule has 0 saturated carbocycles. The second-order valence-electron chi connectivity index (χ2n) is 21.3. The van der Waals surface area contributed by atoms with E-state index in [1.807, 2.05) is 24.3 Å². The number of carbonyl (C=O) groups is 10. The highest BCUT2D eigenvalue weighted by Crippen LogP contribution is 2.20.